The van der Waals surface area contributed by atoms with E-state index in [1.165, 1.54) is 0 Å². The summed E-state index contributed by atoms with van der Waals surface area (Å²) in [5.74, 6) is 0.398. The van der Waals surface area contributed by atoms with Gasteiger partial charge in [0.25, 0.3) is 0 Å². The van der Waals surface area contributed by atoms with Gasteiger partial charge in [0, 0.05) is 5.02 Å². The minimum atomic E-state index is 0.00112. The number of para-hydroxylation sites is 1. The molecule has 4 nitrogen and oxygen atoms in total. The predicted molar refractivity (Wildman–Crippen MR) is 84.1 cm³/mol. The predicted octanol–water partition coefficient (Wildman–Crippen LogP) is 3.75. The molecule has 104 valence electrons. The second-order valence-electron chi connectivity index (χ2n) is 4.85. The van der Waals surface area contributed by atoms with Crippen molar-refractivity contribution in [3.8, 4) is 6.07 Å². The summed E-state index contributed by atoms with van der Waals surface area (Å²) in [6, 6.07) is 15.3. The van der Waals surface area contributed by atoms with Crippen LogP contribution in [0.25, 0.3) is 11.0 Å². The number of hydrogen-bond acceptors (Lipinski definition) is 3. The van der Waals surface area contributed by atoms with Gasteiger partial charge in [-0.25, -0.2) is 4.98 Å². The molecule has 0 bridgehead atoms. The minimum Gasteiger partial charge on any atom is -0.369 e. The Morgan fingerprint density at radius 3 is 2.62 bits per heavy atom. The van der Waals surface area contributed by atoms with Crippen molar-refractivity contribution in [2.75, 3.05) is 5.73 Å². The number of nitrogen functional groups attached to an aromatic ring is 1. The van der Waals surface area contributed by atoms with Crippen molar-refractivity contribution >= 4 is 28.6 Å². The van der Waals surface area contributed by atoms with Crippen molar-refractivity contribution in [2.24, 2.45) is 0 Å². The van der Waals surface area contributed by atoms with E-state index in [1.54, 1.807) is 6.07 Å². The molecule has 2 aromatic carbocycles. The highest BCUT2D eigenvalue weighted by Crippen LogP contribution is 2.29. The second kappa shape index (κ2) is 5.12. The highest BCUT2D eigenvalue weighted by Gasteiger charge is 2.17. The van der Waals surface area contributed by atoms with E-state index in [1.807, 2.05) is 47.9 Å². The van der Waals surface area contributed by atoms with Crippen LogP contribution in [0.3, 0.4) is 0 Å². The molecule has 3 aromatic rings. The maximum atomic E-state index is 9.17. The number of nitrogens with zero attached hydrogens (tertiary/aromatic N) is 3. The lowest BCUT2D eigenvalue weighted by Gasteiger charge is -2.16. The van der Waals surface area contributed by atoms with E-state index in [0.717, 1.165) is 11.1 Å². The van der Waals surface area contributed by atoms with Crippen molar-refractivity contribution in [2.45, 2.75) is 13.0 Å². The average molecular weight is 297 g/mol. The zero-order chi connectivity index (χ0) is 15.0. The molecule has 0 spiro atoms. The van der Waals surface area contributed by atoms with Gasteiger partial charge < -0.3 is 10.3 Å². The molecule has 3 rings (SSSR count). The van der Waals surface area contributed by atoms with E-state index in [2.05, 4.69) is 11.1 Å². The maximum Gasteiger partial charge on any atom is 0.201 e. The number of rotatable bonds is 2. The van der Waals surface area contributed by atoms with Crippen LogP contribution in [0.15, 0.2) is 42.5 Å². The monoisotopic (exact) mass is 296 g/mol. The molecule has 2 N–H and O–H groups in total. The molecule has 5 heteroatoms. The number of nitriles is 1. The van der Waals surface area contributed by atoms with E-state index in [-0.39, 0.29) is 6.04 Å². The number of fused-ring (bicyclic) bond motifs is 1. The van der Waals surface area contributed by atoms with Crippen LogP contribution >= 0.6 is 11.6 Å². The normalized spacial score (nSPS) is 12.2. The number of anilines is 1. The first-order valence-corrected chi connectivity index (χ1v) is 6.91. The third-order valence-electron chi connectivity index (χ3n) is 3.61. The number of imidazole rings is 1. The van der Waals surface area contributed by atoms with Gasteiger partial charge in [-0.05, 0) is 36.8 Å². The Morgan fingerprint density at radius 1 is 1.24 bits per heavy atom. The first-order valence-electron chi connectivity index (χ1n) is 6.54. The zero-order valence-electron chi connectivity index (χ0n) is 11.4. The fourth-order valence-corrected chi connectivity index (χ4v) is 2.65. The van der Waals surface area contributed by atoms with Crippen molar-refractivity contribution < 1.29 is 0 Å². The number of benzene rings is 2. The summed E-state index contributed by atoms with van der Waals surface area (Å²) < 4.78 is 1.93. The van der Waals surface area contributed by atoms with Gasteiger partial charge >= 0.3 is 0 Å². The van der Waals surface area contributed by atoms with Crippen LogP contribution in [-0.2, 0) is 0 Å². The van der Waals surface area contributed by atoms with Gasteiger partial charge in [0.05, 0.1) is 17.1 Å². The quantitative estimate of drug-likeness (QED) is 0.783. The lowest BCUT2D eigenvalue weighted by Crippen LogP contribution is -2.10. The molecule has 21 heavy (non-hydrogen) atoms. The highest BCUT2D eigenvalue weighted by molar-refractivity contribution is 6.30. The van der Waals surface area contributed by atoms with Crippen LogP contribution < -0.4 is 5.73 Å². The van der Waals surface area contributed by atoms with Crippen molar-refractivity contribution in [1.29, 1.82) is 5.26 Å². The van der Waals surface area contributed by atoms with E-state index in [0.29, 0.717) is 22.1 Å². The number of halogens is 1. The topological polar surface area (TPSA) is 67.6 Å². The molecule has 1 heterocycles. The smallest absolute Gasteiger partial charge is 0.201 e. The molecule has 0 saturated carbocycles. The highest BCUT2D eigenvalue weighted by atomic mass is 35.5. The molecule has 1 unspecified atom stereocenters. The summed E-state index contributed by atoms with van der Waals surface area (Å²) in [5, 5.41) is 9.86. The van der Waals surface area contributed by atoms with Crippen LogP contribution in [0.4, 0.5) is 5.95 Å². The Hall–Kier alpha value is -2.51. The minimum absolute atomic E-state index is 0.00112. The summed E-state index contributed by atoms with van der Waals surface area (Å²) >= 11 is 5.93. The fraction of sp³-hybridized carbons (Fsp3) is 0.125. The summed E-state index contributed by atoms with van der Waals surface area (Å²) in [4.78, 5) is 4.34. The number of aromatic nitrogens is 2. The molecule has 0 radical (unpaired) electrons. The molecule has 0 saturated heterocycles. The average Bonchev–Trinajstić information content (AvgIpc) is 2.83. The second-order valence-corrected chi connectivity index (χ2v) is 5.29. The van der Waals surface area contributed by atoms with Gasteiger partial charge in [-0.1, -0.05) is 29.8 Å². The molecular weight excluding hydrogens is 284 g/mol. The molecule has 1 aromatic heterocycles. The molecule has 0 fully saturated rings. The van der Waals surface area contributed by atoms with Crippen LogP contribution in [0, 0.1) is 11.3 Å². The van der Waals surface area contributed by atoms with Crippen molar-refractivity contribution in [3.05, 3.63) is 58.6 Å². The molecule has 0 aliphatic rings. The summed E-state index contributed by atoms with van der Waals surface area (Å²) in [6.45, 7) is 2.04. The lowest BCUT2D eigenvalue weighted by atomic mass is 10.1. The van der Waals surface area contributed by atoms with E-state index < -0.39 is 0 Å². The Labute approximate surface area is 127 Å². The van der Waals surface area contributed by atoms with Gasteiger partial charge in [0.2, 0.25) is 5.95 Å². The SMILES string of the molecule is CC(c1ccc(Cl)cc1)n1c(N)nc2c(C#N)cccc21. The Morgan fingerprint density at radius 2 is 1.95 bits per heavy atom. The summed E-state index contributed by atoms with van der Waals surface area (Å²) in [6.07, 6.45) is 0. The molecular formula is C16H13ClN4. The first-order chi connectivity index (χ1) is 10.1. The van der Waals surface area contributed by atoms with Gasteiger partial charge in [0.15, 0.2) is 0 Å². The summed E-state index contributed by atoms with van der Waals surface area (Å²) in [5.41, 5.74) is 9.16. The molecule has 0 aliphatic heterocycles. The van der Waals surface area contributed by atoms with E-state index >= 15 is 0 Å². The van der Waals surface area contributed by atoms with E-state index in [4.69, 9.17) is 22.6 Å². The number of nitrogens with two attached hydrogens (primary N) is 1. The number of hydrogen-bond donors (Lipinski definition) is 1. The molecule has 1 atom stereocenters. The Balaban J connectivity index is 2.18. The Kier molecular flexibility index (Phi) is 3.28. The van der Waals surface area contributed by atoms with Crippen LogP contribution in [-0.4, -0.2) is 9.55 Å². The van der Waals surface area contributed by atoms with E-state index in [9.17, 15) is 0 Å². The van der Waals surface area contributed by atoms with Crippen molar-refractivity contribution in [3.63, 3.8) is 0 Å². The third kappa shape index (κ3) is 2.22. The van der Waals surface area contributed by atoms with Crippen LogP contribution in [0.5, 0.6) is 0 Å². The summed E-state index contributed by atoms with van der Waals surface area (Å²) in [7, 11) is 0. The fourth-order valence-electron chi connectivity index (χ4n) is 2.52. The van der Waals surface area contributed by atoms with Crippen molar-refractivity contribution in [1.82, 2.24) is 9.55 Å². The molecule has 0 aliphatic carbocycles. The first kappa shape index (κ1) is 13.5. The van der Waals surface area contributed by atoms with Gasteiger partial charge in [-0.3, -0.25) is 0 Å². The lowest BCUT2D eigenvalue weighted by molar-refractivity contribution is 0.668. The van der Waals surface area contributed by atoms with Gasteiger partial charge in [-0.2, -0.15) is 5.26 Å². The van der Waals surface area contributed by atoms with Crippen LogP contribution in [0.1, 0.15) is 24.1 Å². The standard InChI is InChI=1S/C16H13ClN4/c1-10(11-5-7-13(17)8-6-11)21-14-4-2-3-12(9-18)15(14)20-16(21)19/h2-8,10H,1H3,(H2,19,20). The zero-order valence-corrected chi connectivity index (χ0v) is 12.2. The van der Waals surface area contributed by atoms with Gasteiger partial charge in [0.1, 0.15) is 11.6 Å². The van der Waals surface area contributed by atoms with Crippen LogP contribution in [0.2, 0.25) is 5.02 Å². The Bertz CT molecular complexity index is 843. The third-order valence-corrected chi connectivity index (χ3v) is 3.86. The van der Waals surface area contributed by atoms with Gasteiger partial charge in [-0.15, -0.1) is 0 Å². The largest absolute Gasteiger partial charge is 0.369 e. The maximum absolute atomic E-state index is 9.17. The molecule has 0 amide bonds.